The maximum atomic E-state index is 12.9. The summed E-state index contributed by atoms with van der Waals surface area (Å²) in [4.78, 5) is 12.9. The van der Waals surface area contributed by atoms with E-state index in [0.29, 0.717) is 11.6 Å². The standard InChI is InChI=1S/C22H25N3O/c1-15(2)17(4)23-22(26)21-14-20(18-10-6-5-7-11-18)24-25(21)19-12-8-9-16(3)13-19/h5-15,17H,1-4H3,(H,23,26)/t17-/m0/s1. The first-order valence-electron chi connectivity index (χ1n) is 8.99. The van der Waals surface area contributed by atoms with Crippen molar-refractivity contribution >= 4 is 5.91 Å². The molecule has 4 nitrogen and oxygen atoms in total. The fourth-order valence-corrected chi connectivity index (χ4v) is 2.70. The quantitative estimate of drug-likeness (QED) is 0.732. The second-order valence-electron chi connectivity index (χ2n) is 7.04. The first kappa shape index (κ1) is 17.9. The van der Waals surface area contributed by atoms with Crippen molar-refractivity contribution in [1.29, 1.82) is 0 Å². The van der Waals surface area contributed by atoms with Gasteiger partial charge in [0.2, 0.25) is 0 Å². The number of hydrogen-bond donors (Lipinski definition) is 1. The SMILES string of the molecule is Cc1cccc(-n2nc(-c3ccccc3)cc2C(=O)N[C@@H](C)C(C)C)c1. The number of carbonyl (C=O) groups is 1. The van der Waals surface area contributed by atoms with E-state index >= 15 is 0 Å². The highest BCUT2D eigenvalue weighted by Gasteiger charge is 2.20. The molecule has 0 saturated carbocycles. The summed E-state index contributed by atoms with van der Waals surface area (Å²) in [6.07, 6.45) is 0. The van der Waals surface area contributed by atoms with Crippen molar-refractivity contribution in [2.45, 2.75) is 33.7 Å². The molecule has 1 aromatic heterocycles. The average molecular weight is 347 g/mol. The zero-order valence-electron chi connectivity index (χ0n) is 15.7. The lowest BCUT2D eigenvalue weighted by Crippen LogP contribution is -2.37. The van der Waals surface area contributed by atoms with Crippen molar-refractivity contribution in [2.24, 2.45) is 5.92 Å². The number of nitrogens with one attached hydrogen (secondary N) is 1. The fourth-order valence-electron chi connectivity index (χ4n) is 2.70. The predicted molar refractivity (Wildman–Crippen MR) is 106 cm³/mol. The number of carbonyl (C=O) groups excluding carboxylic acids is 1. The van der Waals surface area contributed by atoms with Gasteiger partial charge in [-0.3, -0.25) is 4.79 Å². The molecule has 1 N–H and O–H groups in total. The first-order chi connectivity index (χ1) is 12.5. The van der Waals surface area contributed by atoms with E-state index in [9.17, 15) is 4.79 Å². The zero-order chi connectivity index (χ0) is 18.7. The molecule has 0 aliphatic rings. The number of benzene rings is 2. The van der Waals surface area contributed by atoms with Gasteiger partial charge in [-0.15, -0.1) is 0 Å². The summed E-state index contributed by atoms with van der Waals surface area (Å²) in [6, 6.07) is 19.9. The minimum atomic E-state index is -0.109. The van der Waals surface area contributed by atoms with Crippen LogP contribution in [0.5, 0.6) is 0 Å². The summed E-state index contributed by atoms with van der Waals surface area (Å²) >= 11 is 0. The molecule has 0 radical (unpaired) electrons. The van der Waals surface area contributed by atoms with Gasteiger partial charge in [0.05, 0.1) is 11.4 Å². The van der Waals surface area contributed by atoms with E-state index in [1.165, 1.54) is 0 Å². The molecule has 2 aromatic carbocycles. The van der Waals surface area contributed by atoms with Gasteiger partial charge in [-0.1, -0.05) is 56.3 Å². The number of nitrogens with zero attached hydrogens (tertiary/aromatic N) is 2. The highest BCUT2D eigenvalue weighted by atomic mass is 16.2. The van der Waals surface area contributed by atoms with Gasteiger partial charge in [0.15, 0.2) is 0 Å². The third kappa shape index (κ3) is 3.85. The summed E-state index contributed by atoms with van der Waals surface area (Å²) in [6.45, 7) is 8.25. The maximum absolute atomic E-state index is 12.9. The van der Waals surface area contributed by atoms with E-state index in [1.54, 1.807) is 4.68 Å². The fraction of sp³-hybridized carbons (Fsp3) is 0.273. The number of amides is 1. The summed E-state index contributed by atoms with van der Waals surface area (Å²) in [7, 11) is 0. The van der Waals surface area contributed by atoms with Crippen LogP contribution in [0.15, 0.2) is 60.7 Å². The summed E-state index contributed by atoms with van der Waals surface area (Å²) < 4.78 is 1.73. The molecule has 0 spiro atoms. The number of rotatable bonds is 5. The molecular weight excluding hydrogens is 322 g/mol. The Hall–Kier alpha value is -2.88. The molecule has 0 fully saturated rings. The van der Waals surface area contributed by atoms with Crippen molar-refractivity contribution in [2.75, 3.05) is 0 Å². The Morgan fingerprint density at radius 3 is 2.38 bits per heavy atom. The van der Waals surface area contributed by atoms with Gasteiger partial charge in [0, 0.05) is 11.6 Å². The molecule has 4 heteroatoms. The Kier molecular flexibility index (Phi) is 5.21. The Bertz CT molecular complexity index is 897. The van der Waals surface area contributed by atoms with Crippen LogP contribution in [0.2, 0.25) is 0 Å². The van der Waals surface area contributed by atoms with Gasteiger partial charge in [0.1, 0.15) is 5.69 Å². The van der Waals surface area contributed by atoms with Crippen molar-refractivity contribution in [1.82, 2.24) is 15.1 Å². The molecule has 0 aliphatic heterocycles. The molecule has 0 saturated heterocycles. The highest BCUT2D eigenvalue weighted by Crippen LogP contribution is 2.22. The van der Waals surface area contributed by atoms with Gasteiger partial charge in [0.25, 0.3) is 5.91 Å². The number of aryl methyl sites for hydroxylation is 1. The van der Waals surface area contributed by atoms with Crippen LogP contribution in [0.4, 0.5) is 0 Å². The molecule has 134 valence electrons. The Morgan fingerprint density at radius 1 is 1.00 bits per heavy atom. The molecule has 0 bridgehead atoms. The zero-order valence-corrected chi connectivity index (χ0v) is 15.7. The normalized spacial score (nSPS) is 12.2. The van der Waals surface area contributed by atoms with Crippen molar-refractivity contribution in [3.05, 3.63) is 71.9 Å². The average Bonchev–Trinajstić information content (AvgIpc) is 3.08. The molecule has 0 aliphatic carbocycles. The van der Waals surface area contributed by atoms with E-state index in [1.807, 2.05) is 74.5 Å². The molecule has 0 unspecified atom stereocenters. The minimum absolute atomic E-state index is 0.0866. The molecular formula is C22H25N3O. The highest BCUT2D eigenvalue weighted by molar-refractivity contribution is 5.94. The topological polar surface area (TPSA) is 46.9 Å². The minimum Gasteiger partial charge on any atom is -0.348 e. The summed E-state index contributed by atoms with van der Waals surface area (Å²) in [5.41, 5.74) is 4.33. The van der Waals surface area contributed by atoms with Crippen LogP contribution in [-0.2, 0) is 0 Å². The van der Waals surface area contributed by atoms with E-state index in [0.717, 1.165) is 22.5 Å². The lowest BCUT2D eigenvalue weighted by Gasteiger charge is -2.17. The lowest BCUT2D eigenvalue weighted by molar-refractivity contribution is 0.0922. The Morgan fingerprint density at radius 2 is 1.73 bits per heavy atom. The second kappa shape index (κ2) is 7.56. The predicted octanol–water partition coefficient (Wildman–Crippen LogP) is 4.62. The van der Waals surface area contributed by atoms with E-state index in [-0.39, 0.29) is 11.9 Å². The van der Waals surface area contributed by atoms with Gasteiger partial charge in [-0.25, -0.2) is 4.68 Å². The molecule has 1 atom stereocenters. The van der Waals surface area contributed by atoms with E-state index in [2.05, 4.69) is 19.2 Å². The van der Waals surface area contributed by atoms with E-state index < -0.39 is 0 Å². The van der Waals surface area contributed by atoms with E-state index in [4.69, 9.17) is 5.10 Å². The Labute approximate surface area is 154 Å². The van der Waals surface area contributed by atoms with Crippen LogP contribution in [0.3, 0.4) is 0 Å². The van der Waals surface area contributed by atoms with Crippen molar-refractivity contribution in [3.8, 4) is 16.9 Å². The molecule has 3 rings (SSSR count). The summed E-state index contributed by atoms with van der Waals surface area (Å²) in [5, 5.41) is 7.81. The largest absolute Gasteiger partial charge is 0.348 e. The second-order valence-corrected chi connectivity index (χ2v) is 7.04. The smallest absolute Gasteiger partial charge is 0.270 e. The molecule has 1 heterocycles. The summed E-state index contributed by atoms with van der Waals surface area (Å²) in [5.74, 6) is 0.255. The first-order valence-corrected chi connectivity index (χ1v) is 8.99. The van der Waals surface area contributed by atoms with Crippen molar-refractivity contribution in [3.63, 3.8) is 0 Å². The monoisotopic (exact) mass is 347 g/mol. The van der Waals surface area contributed by atoms with Gasteiger partial charge in [-0.2, -0.15) is 5.10 Å². The van der Waals surface area contributed by atoms with Crippen LogP contribution in [-0.4, -0.2) is 21.7 Å². The van der Waals surface area contributed by atoms with Crippen LogP contribution >= 0.6 is 0 Å². The van der Waals surface area contributed by atoms with Crippen LogP contribution in [0.25, 0.3) is 16.9 Å². The van der Waals surface area contributed by atoms with Crippen LogP contribution < -0.4 is 5.32 Å². The molecule has 1 amide bonds. The van der Waals surface area contributed by atoms with Crippen LogP contribution in [0, 0.1) is 12.8 Å². The number of aromatic nitrogens is 2. The van der Waals surface area contributed by atoms with Gasteiger partial charge >= 0.3 is 0 Å². The lowest BCUT2D eigenvalue weighted by atomic mass is 10.1. The molecule has 26 heavy (non-hydrogen) atoms. The molecule has 3 aromatic rings. The third-order valence-corrected chi connectivity index (χ3v) is 4.62. The van der Waals surface area contributed by atoms with Gasteiger partial charge in [-0.05, 0) is 43.5 Å². The van der Waals surface area contributed by atoms with Crippen molar-refractivity contribution < 1.29 is 4.79 Å². The maximum Gasteiger partial charge on any atom is 0.270 e. The Balaban J connectivity index is 2.06. The van der Waals surface area contributed by atoms with Gasteiger partial charge < -0.3 is 5.32 Å². The number of hydrogen-bond acceptors (Lipinski definition) is 2. The van der Waals surface area contributed by atoms with Crippen LogP contribution in [0.1, 0.15) is 36.8 Å². The third-order valence-electron chi connectivity index (χ3n) is 4.62.